The van der Waals surface area contributed by atoms with Crippen LogP contribution in [0.5, 0.6) is 0 Å². The highest BCUT2D eigenvalue weighted by molar-refractivity contribution is 7.94. The van der Waals surface area contributed by atoms with Crippen LogP contribution < -0.4 is 0 Å². The lowest BCUT2D eigenvalue weighted by molar-refractivity contribution is 0.0772. The monoisotopic (exact) mass is 197 g/mol. The average Bonchev–Trinajstić information content (AvgIpc) is 1.97. The number of amides is 1. The summed E-state index contributed by atoms with van der Waals surface area (Å²) in [4.78, 5) is 10.6. The van der Waals surface area contributed by atoms with Gasteiger partial charge in [0, 0.05) is 6.61 Å². The molecule has 0 atom stereocenters. The second-order valence-electron chi connectivity index (χ2n) is 1.60. The van der Waals surface area contributed by atoms with Crippen molar-refractivity contribution in [1.82, 2.24) is 3.71 Å². The van der Waals surface area contributed by atoms with Crippen molar-refractivity contribution < 1.29 is 14.3 Å². The molecule has 0 rings (SSSR count). The van der Waals surface area contributed by atoms with Crippen molar-refractivity contribution in [2.75, 3.05) is 19.8 Å². The number of rotatable bonds is 4. The lowest BCUT2D eigenvalue weighted by atomic mass is 10.7. The van der Waals surface area contributed by atoms with E-state index in [1.54, 1.807) is 0 Å². The predicted molar refractivity (Wildman–Crippen MR) is 47.7 cm³/mol. The number of nitrogens with zero attached hydrogens (tertiary/aromatic N) is 1. The molecule has 0 saturated carbocycles. The van der Waals surface area contributed by atoms with E-state index in [0.29, 0.717) is 13.2 Å². The maximum Gasteiger partial charge on any atom is 0.430 e. The van der Waals surface area contributed by atoms with Crippen molar-refractivity contribution >= 4 is 31.7 Å². The predicted octanol–water partition coefficient (Wildman–Crippen LogP) is 1.15. The first-order valence-electron chi connectivity index (χ1n) is 3.10. The minimum Gasteiger partial charge on any atom is -0.446 e. The first kappa shape index (κ1) is 10.9. The smallest absolute Gasteiger partial charge is 0.430 e. The average molecular weight is 197 g/mol. The second-order valence-corrected chi connectivity index (χ2v) is 2.72. The van der Waals surface area contributed by atoms with Crippen LogP contribution in [0, 0.1) is 0 Å². The molecule has 0 aliphatic rings. The Kier molecular flexibility index (Phi) is 6.59. The van der Waals surface area contributed by atoms with E-state index in [9.17, 15) is 4.79 Å². The molecule has 0 aromatic carbocycles. The van der Waals surface area contributed by atoms with Crippen LogP contribution in [0.1, 0.15) is 6.92 Å². The fourth-order valence-electron chi connectivity index (χ4n) is 0.390. The van der Waals surface area contributed by atoms with E-state index in [1.165, 1.54) is 0 Å². The van der Waals surface area contributed by atoms with E-state index in [4.69, 9.17) is 4.74 Å². The number of carbonyl (C=O) groups excluding carboxylic acids is 1. The third-order valence-electron chi connectivity index (χ3n) is 0.821. The summed E-state index contributed by atoms with van der Waals surface area (Å²) in [5.74, 6) is 0. The van der Waals surface area contributed by atoms with Gasteiger partial charge in [-0.1, -0.05) is 0 Å². The van der Waals surface area contributed by atoms with Gasteiger partial charge in [-0.15, -0.1) is 0 Å². The van der Waals surface area contributed by atoms with E-state index < -0.39 is 6.09 Å². The summed E-state index contributed by atoms with van der Waals surface area (Å²) in [6.07, 6.45) is -0.601. The van der Waals surface area contributed by atoms with Gasteiger partial charge >= 0.3 is 6.09 Å². The van der Waals surface area contributed by atoms with Gasteiger partial charge in [-0.3, -0.25) is 0 Å². The zero-order chi connectivity index (χ0) is 8.69. The Morgan fingerprint density at radius 3 is 2.55 bits per heavy atom. The second kappa shape index (κ2) is 6.63. The summed E-state index contributed by atoms with van der Waals surface area (Å²) in [5.41, 5.74) is 0. The van der Waals surface area contributed by atoms with Gasteiger partial charge in [-0.2, -0.15) is 3.71 Å². The Labute approximate surface area is 76.9 Å². The Morgan fingerprint density at radius 2 is 2.09 bits per heavy atom. The van der Waals surface area contributed by atoms with Crippen LogP contribution in [-0.4, -0.2) is 29.6 Å². The van der Waals surface area contributed by atoms with Crippen molar-refractivity contribution in [2.45, 2.75) is 6.92 Å². The van der Waals surface area contributed by atoms with Crippen LogP contribution in [-0.2, 0) is 9.47 Å². The standard InChI is InChI=1S/C5H11NO3S2/c1-2-8-3-4-9-5(7)6(10)11/h10-11H,2-4H2,1H3. The Balaban J connectivity index is 3.18. The molecule has 0 bridgehead atoms. The highest BCUT2D eigenvalue weighted by atomic mass is 32.2. The molecule has 6 heteroatoms. The maximum absolute atomic E-state index is 10.6. The summed E-state index contributed by atoms with van der Waals surface area (Å²) in [5, 5.41) is 0. The summed E-state index contributed by atoms with van der Waals surface area (Å²) in [6.45, 7) is 3.11. The summed E-state index contributed by atoms with van der Waals surface area (Å²) in [6, 6.07) is 0. The molecular formula is C5H11NO3S2. The number of hydrogen-bond donors (Lipinski definition) is 2. The Bertz CT molecular complexity index is 120. The van der Waals surface area contributed by atoms with Crippen molar-refractivity contribution in [3.8, 4) is 0 Å². The van der Waals surface area contributed by atoms with Crippen LogP contribution in [0.25, 0.3) is 0 Å². The van der Waals surface area contributed by atoms with Gasteiger partial charge in [0.1, 0.15) is 6.61 Å². The van der Waals surface area contributed by atoms with Crippen LogP contribution in [0.4, 0.5) is 4.79 Å². The third kappa shape index (κ3) is 6.33. The molecule has 0 aromatic heterocycles. The van der Waals surface area contributed by atoms with Crippen molar-refractivity contribution in [1.29, 1.82) is 0 Å². The molecule has 0 fully saturated rings. The topological polar surface area (TPSA) is 38.8 Å². The zero-order valence-electron chi connectivity index (χ0n) is 6.19. The van der Waals surface area contributed by atoms with E-state index >= 15 is 0 Å². The number of hydrogen-bond acceptors (Lipinski definition) is 5. The highest BCUT2D eigenvalue weighted by Crippen LogP contribution is 1.99. The van der Waals surface area contributed by atoms with Crippen molar-refractivity contribution in [2.24, 2.45) is 0 Å². The van der Waals surface area contributed by atoms with Crippen molar-refractivity contribution in [3.05, 3.63) is 0 Å². The largest absolute Gasteiger partial charge is 0.446 e. The molecule has 1 amide bonds. The van der Waals surface area contributed by atoms with Crippen molar-refractivity contribution in [3.63, 3.8) is 0 Å². The molecule has 0 aromatic rings. The lowest BCUT2D eigenvalue weighted by Crippen LogP contribution is -2.16. The van der Waals surface area contributed by atoms with Gasteiger partial charge in [0.05, 0.1) is 6.61 Å². The van der Waals surface area contributed by atoms with Crippen LogP contribution in [0.2, 0.25) is 0 Å². The molecule has 0 aliphatic carbocycles. The Morgan fingerprint density at radius 1 is 1.45 bits per heavy atom. The SMILES string of the molecule is CCOCCOC(=O)N(S)S. The number of carbonyl (C=O) groups is 1. The molecule has 0 radical (unpaired) electrons. The summed E-state index contributed by atoms with van der Waals surface area (Å²) < 4.78 is 10.3. The number of ether oxygens (including phenoxy) is 2. The van der Waals surface area contributed by atoms with E-state index in [1.807, 2.05) is 6.92 Å². The van der Waals surface area contributed by atoms with Gasteiger partial charge < -0.3 is 9.47 Å². The maximum atomic E-state index is 10.6. The van der Waals surface area contributed by atoms with Gasteiger partial charge in [0.25, 0.3) is 0 Å². The summed E-state index contributed by atoms with van der Waals surface area (Å²) in [7, 11) is 0. The summed E-state index contributed by atoms with van der Waals surface area (Å²) >= 11 is 7.20. The van der Waals surface area contributed by atoms with Gasteiger partial charge in [-0.05, 0) is 32.6 Å². The molecule has 0 saturated heterocycles. The van der Waals surface area contributed by atoms with E-state index in [2.05, 4.69) is 30.4 Å². The molecule has 0 heterocycles. The van der Waals surface area contributed by atoms with Crippen LogP contribution in [0.15, 0.2) is 0 Å². The zero-order valence-corrected chi connectivity index (χ0v) is 7.98. The normalized spacial score (nSPS) is 9.36. The molecule has 0 aliphatic heterocycles. The third-order valence-corrected chi connectivity index (χ3v) is 1.15. The molecule has 0 N–H and O–H groups in total. The fraction of sp³-hybridized carbons (Fsp3) is 0.800. The molecule has 11 heavy (non-hydrogen) atoms. The molecule has 4 nitrogen and oxygen atoms in total. The number of thiol groups is 2. The van der Waals surface area contributed by atoms with E-state index in [0.717, 1.165) is 3.71 Å². The van der Waals surface area contributed by atoms with Crippen LogP contribution in [0.3, 0.4) is 0 Å². The fourth-order valence-corrected chi connectivity index (χ4v) is 0.505. The molecule has 0 spiro atoms. The minimum absolute atomic E-state index is 0.226. The first-order valence-corrected chi connectivity index (χ1v) is 3.90. The highest BCUT2D eigenvalue weighted by Gasteiger charge is 2.04. The Hall–Kier alpha value is -0.0700. The minimum atomic E-state index is -0.601. The van der Waals surface area contributed by atoms with Gasteiger partial charge in [0.2, 0.25) is 0 Å². The van der Waals surface area contributed by atoms with Gasteiger partial charge in [0.15, 0.2) is 0 Å². The van der Waals surface area contributed by atoms with E-state index in [-0.39, 0.29) is 6.61 Å². The molecule has 66 valence electrons. The quantitative estimate of drug-likeness (QED) is 0.524. The van der Waals surface area contributed by atoms with Gasteiger partial charge in [-0.25, -0.2) is 4.79 Å². The molecule has 0 unspecified atom stereocenters. The molecular weight excluding hydrogens is 186 g/mol. The first-order chi connectivity index (χ1) is 5.18. The lowest BCUT2D eigenvalue weighted by Gasteiger charge is -2.07. The van der Waals surface area contributed by atoms with Crippen LogP contribution >= 0.6 is 25.6 Å².